The summed E-state index contributed by atoms with van der Waals surface area (Å²) in [4.78, 5) is 19.2. The van der Waals surface area contributed by atoms with Crippen molar-refractivity contribution in [3.05, 3.63) is 77.3 Å². The quantitative estimate of drug-likeness (QED) is 0.604. The zero-order valence-corrected chi connectivity index (χ0v) is 16.0. The molecule has 6 heteroatoms. The standard InChI is InChI=1S/C21H21N3O2S/c1-15-13-19(26-23-15)18-5-4-12-24(18)21(25)17-9-7-16(8-10-17)14-27-20-6-2-3-11-22-20/h2-3,6-11,13,18H,4-5,12,14H2,1H3. The Bertz CT molecular complexity index is 909. The smallest absolute Gasteiger partial charge is 0.254 e. The number of rotatable bonds is 5. The predicted molar refractivity (Wildman–Crippen MR) is 104 cm³/mol. The van der Waals surface area contributed by atoms with Gasteiger partial charge in [0.2, 0.25) is 0 Å². The minimum absolute atomic E-state index is 0.0157. The fraction of sp³-hybridized carbons (Fsp3) is 0.286. The third-order valence-electron chi connectivity index (χ3n) is 4.71. The van der Waals surface area contributed by atoms with E-state index in [1.807, 2.05) is 60.4 Å². The van der Waals surface area contributed by atoms with Gasteiger partial charge in [-0.1, -0.05) is 23.4 Å². The summed E-state index contributed by atoms with van der Waals surface area (Å²) in [6.07, 6.45) is 3.70. The van der Waals surface area contributed by atoms with Crippen LogP contribution >= 0.6 is 11.8 Å². The fourth-order valence-corrected chi connectivity index (χ4v) is 4.16. The first kappa shape index (κ1) is 17.8. The van der Waals surface area contributed by atoms with Crippen LogP contribution in [0.5, 0.6) is 0 Å². The Kier molecular flexibility index (Phi) is 5.25. The van der Waals surface area contributed by atoms with E-state index in [1.54, 1.807) is 18.0 Å². The number of nitrogens with zero attached hydrogens (tertiary/aromatic N) is 3. The van der Waals surface area contributed by atoms with Crippen LogP contribution in [0.3, 0.4) is 0 Å². The second-order valence-corrected chi connectivity index (χ2v) is 7.68. The van der Waals surface area contributed by atoms with Crippen LogP contribution < -0.4 is 0 Å². The van der Waals surface area contributed by atoms with Crippen molar-refractivity contribution in [1.29, 1.82) is 0 Å². The Balaban J connectivity index is 1.42. The first-order valence-corrected chi connectivity index (χ1v) is 10.1. The van der Waals surface area contributed by atoms with Crippen LogP contribution in [0, 0.1) is 6.92 Å². The summed E-state index contributed by atoms with van der Waals surface area (Å²) in [5.41, 5.74) is 2.73. The van der Waals surface area contributed by atoms with E-state index >= 15 is 0 Å². The topological polar surface area (TPSA) is 59.2 Å². The fourth-order valence-electron chi connectivity index (χ4n) is 3.35. The maximum Gasteiger partial charge on any atom is 0.254 e. The molecule has 1 aromatic carbocycles. The Morgan fingerprint density at radius 2 is 2.11 bits per heavy atom. The van der Waals surface area contributed by atoms with Crippen molar-refractivity contribution in [1.82, 2.24) is 15.0 Å². The van der Waals surface area contributed by atoms with E-state index in [9.17, 15) is 4.79 Å². The largest absolute Gasteiger partial charge is 0.359 e. The second kappa shape index (κ2) is 7.96. The number of aromatic nitrogens is 2. The molecule has 1 fully saturated rings. The summed E-state index contributed by atoms with van der Waals surface area (Å²) in [7, 11) is 0. The van der Waals surface area contributed by atoms with Gasteiger partial charge >= 0.3 is 0 Å². The molecule has 3 aromatic rings. The van der Waals surface area contributed by atoms with E-state index in [0.29, 0.717) is 5.56 Å². The SMILES string of the molecule is Cc1cc(C2CCCN2C(=O)c2ccc(CSc3ccccn3)cc2)on1. The summed E-state index contributed by atoms with van der Waals surface area (Å²) in [5.74, 6) is 1.66. The predicted octanol–water partition coefficient (Wildman–Crippen LogP) is 4.65. The number of likely N-dealkylation sites (tertiary alicyclic amines) is 1. The molecule has 0 spiro atoms. The van der Waals surface area contributed by atoms with Crippen LogP contribution in [0.1, 0.15) is 46.3 Å². The van der Waals surface area contributed by atoms with E-state index in [4.69, 9.17) is 4.52 Å². The molecule has 1 saturated heterocycles. The summed E-state index contributed by atoms with van der Waals surface area (Å²) < 4.78 is 5.41. The second-order valence-electron chi connectivity index (χ2n) is 6.68. The Morgan fingerprint density at radius 1 is 1.26 bits per heavy atom. The third-order valence-corrected chi connectivity index (χ3v) is 5.73. The van der Waals surface area contributed by atoms with Gasteiger partial charge in [0.25, 0.3) is 5.91 Å². The van der Waals surface area contributed by atoms with E-state index in [0.717, 1.165) is 41.6 Å². The summed E-state index contributed by atoms with van der Waals surface area (Å²) >= 11 is 1.69. The molecule has 1 aliphatic rings. The first-order valence-electron chi connectivity index (χ1n) is 9.07. The number of hydrogen-bond donors (Lipinski definition) is 0. The molecule has 0 aliphatic carbocycles. The zero-order valence-electron chi connectivity index (χ0n) is 15.2. The average Bonchev–Trinajstić information content (AvgIpc) is 3.36. The van der Waals surface area contributed by atoms with Gasteiger partial charge in [-0.15, -0.1) is 11.8 Å². The van der Waals surface area contributed by atoms with Gasteiger partial charge in [0, 0.05) is 30.1 Å². The molecule has 3 heterocycles. The van der Waals surface area contributed by atoms with E-state index < -0.39 is 0 Å². The highest BCUT2D eigenvalue weighted by Gasteiger charge is 2.33. The molecule has 0 N–H and O–H groups in total. The highest BCUT2D eigenvalue weighted by Crippen LogP contribution is 2.33. The maximum atomic E-state index is 13.0. The minimum atomic E-state index is -0.0157. The monoisotopic (exact) mass is 379 g/mol. The van der Waals surface area contributed by atoms with Crippen molar-refractivity contribution in [3.8, 4) is 0 Å². The number of benzene rings is 1. The van der Waals surface area contributed by atoms with Gasteiger partial charge < -0.3 is 9.42 Å². The van der Waals surface area contributed by atoms with Crippen LogP contribution in [0.15, 0.2) is 64.3 Å². The van der Waals surface area contributed by atoms with Gasteiger partial charge in [-0.3, -0.25) is 4.79 Å². The molecular formula is C21H21N3O2S. The lowest BCUT2D eigenvalue weighted by molar-refractivity contribution is 0.0714. The minimum Gasteiger partial charge on any atom is -0.359 e. The number of amides is 1. The highest BCUT2D eigenvalue weighted by atomic mass is 32.2. The molecule has 1 atom stereocenters. The lowest BCUT2D eigenvalue weighted by atomic mass is 10.1. The first-order chi connectivity index (χ1) is 13.2. The normalized spacial score (nSPS) is 16.6. The Hall–Kier alpha value is -2.60. The average molecular weight is 379 g/mol. The highest BCUT2D eigenvalue weighted by molar-refractivity contribution is 7.98. The van der Waals surface area contributed by atoms with Gasteiger partial charge in [-0.25, -0.2) is 4.98 Å². The van der Waals surface area contributed by atoms with Crippen molar-refractivity contribution < 1.29 is 9.32 Å². The van der Waals surface area contributed by atoms with Crippen LogP contribution in [0.25, 0.3) is 0 Å². The Labute approximate surface area is 162 Å². The molecule has 1 amide bonds. The van der Waals surface area contributed by atoms with Gasteiger partial charge in [0.1, 0.15) is 0 Å². The number of hydrogen-bond acceptors (Lipinski definition) is 5. The number of pyridine rings is 1. The molecular weight excluding hydrogens is 358 g/mol. The zero-order chi connectivity index (χ0) is 18.6. The van der Waals surface area contributed by atoms with E-state index in [-0.39, 0.29) is 11.9 Å². The summed E-state index contributed by atoms with van der Waals surface area (Å²) in [6, 6.07) is 15.7. The van der Waals surface area contributed by atoms with Crippen molar-refractivity contribution >= 4 is 17.7 Å². The number of aryl methyl sites for hydroxylation is 1. The maximum absolute atomic E-state index is 13.0. The van der Waals surface area contributed by atoms with Crippen molar-refractivity contribution in [2.24, 2.45) is 0 Å². The molecule has 138 valence electrons. The molecule has 0 saturated carbocycles. The molecule has 5 nitrogen and oxygen atoms in total. The van der Waals surface area contributed by atoms with Crippen molar-refractivity contribution in [2.75, 3.05) is 6.54 Å². The number of thioether (sulfide) groups is 1. The van der Waals surface area contributed by atoms with Crippen LogP contribution in [0.2, 0.25) is 0 Å². The summed E-state index contributed by atoms with van der Waals surface area (Å²) in [6.45, 7) is 2.65. The van der Waals surface area contributed by atoms with Gasteiger partial charge in [-0.2, -0.15) is 0 Å². The molecule has 1 unspecified atom stereocenters. The van der Waals surface area contributed by atoms with Gasteiger partial charge in [0.15, 0.2) is 5.76 Å². The molecule has 0 bridgehead atoms. The molecule has 1 aliphatic heterocycles. The molecule has 2 aromatic heterocycles. The van der Waals surface area contributed by atoms with Crippen molar-refractivity contribution in [3.63, 3.8) is 0 Å². The van der Waals surface area contributed by atoms with E-state index in [2.05, 4.69) is 10.1 Å². The lowest BCUT2D eigenvalue weighted by Gasteiger charge is -2.22. The van der Waals surface area contributed by atoms with Crippen LogP contribution in [0.4, 0.5) is 0 Å². The molecule has 4 rings (SSSR count). The molecule has 0 radical (unpaired) electrons. The number of carbonyl (C=O) groups excluding carboxylic acids is 1. The molecule has 27 heavy (non-hydrogen) atoms. The third kappa shape index (κ3) is 4.06. The number of carbonyl (C=O) groups is 1. The van der Waals surface area contributed by atoms with Crippen LogP contribution in [-0.4, -0.2) is 27.5 Å². The van der Waals surface area contributed by atoms with Crippen LogP contribution in [-0.2, 0) is 5.75 Å². The summed E-state index contributed by atoms with van der Waals surface area (Å²) in [5, 5.41) is 4.96. The lowest BCUT2D eigenvalue weighted by Crippen LogP contribution is -2.30. The van der Waals surface area contributed by atoms with Gasteiger partial charge in [0.05, 0.1) is 16.8 Å². The Morgan fingerprint density at radius 3 is 2.81 bits per heavy atom. The van der Waals surface area contributed by atoms with Crippen molar-refractivity contribution in [2.45, 2.75) is 36.6 Å². The van der Waals surface area contributed by atoms with E-state index in [1.165, 1.54) is 5.56 Å². The van der Waals surface area contributed by atoms with Gasteiger partial charge in [-0.05, 0) is 49.6 Å².